The van der Waals surface area contributed by atoms with Crippen molar-refractivity contribution in [3.63, 3.8) is 0 Å². The van der Waals surface area contributed by atoms with Gasteiger partial charge >= 0.3 is 5.97 Å². The molecule has 0 N–H and O–H groups in total. The lowest BCUT2D eigenvalue weighted by molar-refractivity contribution is -0.173. The quantitative estimate of drug-likeness (QED) is 0.750. The summed E-state index contributed by atoms with van der Waals surface area (Å²) in [5.74, 6) is 0.550. The number of Topliss-reactive ketones (excluding diaryl/α,β-unsaturated/α-hetero) is 1. The highest BCUT2D eigenvalue weighted by molar-refractivity contribution is 5.99. The van der Waals surface area contributed by atoms with Gasteiger partial charge in [0.1, 0.15) is 17.1 Å². The van der Waals surface area contributed by atoms with Crippen LogP contribution in [-0.2, 0) is 20.7 Å². The van der Waals surface area contributed by atoms with Crippen molar-refractivity contribution in [1.82, 2.24) is 0 Å². The van der Waals surface area contributed by atoms with Gasteiger partial charge in [0.05, 0.1) is 13.0 Å². The molecule has 4 nitrogen and oxygen atoms in total. The van der Waals surface area contributed by atoms with Crippen LogP contribution < -0.4 is 4.74 Å². The zero-order valence-corrected chi connectivity index (χ0v) is 16.0. The molecule has 4 rings (SSSR count). The second kappa shape index (κ2) is 5.70. The first kappa shape index (κ1) is 17.3. The van der Waals surface area contributed by atoms with Crippen LogP contribution in [0.1, 0.15) is 57.6 Å². The molecule has 1 aromatic rings. The van der Waals surface area contributed by atoms with Gasteiger partial charge < -0.3 is 9.47 Å². The van der Waals surface area contributed by atoms with Crippen LogP contribution in [0.4, 0.5) is 0 Å². The molecule has 0 radical (unpaired) electrons. The van der Waals surface area contributed by atoms with Gasteiger partial charge in [0, 0.05) is 12.3 Å². The fourth-order valence-electron chi connectivity index (χ4n) is 5.33. The van der Waals surface area contributed by atoms with Crippen molar-refractivity contribution in [2.75, 3.05) is 7.11 Å². The van der Waals surface area contributed by atoms with Gasteiger partial charge in [-0.15, -0.1) is 0 Å². The molecule has 26 heavy (non-hydrogen) atoms. The molecule has 1 aromatic carbocycles. The topological polar surface area (TPSA) is 52.6 Å². The number of carbonyl (C=O) groups excluding carboxylic acids is 2. The highest BCUT2D eigenvalue weighted by Gasteiger charge is 2.58. The number of allylic oxidation sites excluding steroid dienone is 2. The highest BCUT2D eigenvalue weighted by atomic mass is 16.6. The molecule has 3 atom stereocenters. The van der Waals surface area contributed by atoms with Crippen molar-refractivity contribution in [3.05, 3.63) is 34.9 Å². The monoisotopic (exact) mass is 354 g/mol. The zero-order valence-electron chi connectivity index (χ0n) is 16.0. The number of hydrogen-bond acceptors (Lipinski definition) is 4. The summed E-state index contributed by atoms with van der Waals surface area (Å²) >= 11 is 0. The zero-order chi connectivity index (χ0) is 18.7. The summed E-state index contributed by atoms with van der Waals surface area (Å²) in [7, 11) is 1.69. The highest BCUT2D eigenvalue weighted by Crippen LogP contribution is 2.58. The first-order chi connectivity index (χ1) is 12.3. The number of fused-ring (bicyclic) bond motifs is 5. The predicted molar refractivity (Wildman–Crippen MR) is 98.9 cm³/mol. The lowest BCUT2D eigenvalue weighted by Crippen LogP contribution is -2.56. The van der Waals surface area contributed by atoms with Crippen molar-refractivity contribution in [3.8, 4) is 5.75 Å². The van der Waals surface area contributed by atoms with Crippen molar-refractivity contribution in [1.29, 1.82) is 0 Å². The summed E-state index contributed by atoms with van der Waals surface area (Å²) in [6, 6.07) is 6.23. The third-order valence-electron chi connectivity index (χ3n) is 6.82. The smallest absolute Gasteiger partial charge is 0.303 e. The number of rotatable bonds is 2. The van der Waals surface area contributed by atoms with Gasteiger partial charge in [0.25, 0.3) is 0 Å². The normalized spacial score (nSPS) is 32.6. The Morgan fingerprint density at radius 2 is 1.96 bits per heavy atom. The van der Waals surface area contributed by atoms with E-state index >= 15 is 0 Å². The van der Waals surface area contributed by atoms with Crippen molar-refractivity contribution < 1.29 is 19.1 Å². The maximum Gasteiger partial charge on any atom is 0.303 e. The van der Waals surface area contributed by atoms with E-state index in [4.69, 9.17) is 9.47 Å². The molecular weight excluding hydrogens is 328 g/mol. The number of aryl methyl sites for hydroxylation is 1. The van der Waals surface area contributed by atoms with Gasteiger partial charge in [0.15, 0.2) is 0 Å². The van der Waals surface area contributed by atoms with Crippen molar-refractivity contribution in [2.45, 2.75) is 58.5 Å². The molecule has 3 aliphatic rings. The summed E-state index contributed by atoms with van der Waals surface area (Å²) in [6.07, 6.45) is 4.02. The molecule has 2 bridgehead atoms. The number of ether oxygens (including phenoxy) is 2. The van der Waals surface area contributed by atoms with E-state index in [0.717, 1.165) is 31.4 Å². The molecule has 3 aliphatic carbocycles. The molecule has 3 unspecified atom stereocenters. The Bertz CT molecular complexity index is 837. The SMILES string of the molecule is COc1ccc2c(c1)CCC1=C2CC2C(=O)C1(C)CCC2(C)OC(C)=O. The minimum atomic E-state index is -0.703. The molecule has 0 aromatic heterocycles. The maximum absolute atomic E-state index is 13.3. The van der Waals surface area contributed by atoms with Crippen LogP contribution in [-0.4, -0.2) is 24.5 Å². The van der Waals surface area contributed by atoms with E-state index in [-0.39, 0.29) is 17.7 Å². The lowest BCUT2D eigenvalue weighted by Gasteiger charge is -2.52. The first-order valence-corrected chi connectivity index (χ1v) is 9.42. The molecule has 0 aliphatic heterocycles. The summed E-state index contributed by atoms with van der Waals surface area (Å²) in [5, 5.41) is 0. The van der Waals surface area contributed by atoms with Gasteiger partial charge in [-0.3, -0.25) is 9.59 Å². The fraction of sp³-hybridized carbons (Fsp3) is 0.545. The largest absolute Gasteiger partial charge is 0.497 e. The molecule has 0 heterocycles. The van der Waals surface area contributed by atoms with Gasteiger partial charge in [0.2, 0.25) is 0 Å². The fourth-order valence-corrected chi connectivity index (χ4v) is 5.33. The second-order valence-corrected chi connectivity index (χ2v) is 8.34. The molecule has 0 amide bonds. The third kappa shape index (κ3) is 2.34. The van der Waals surface area contributed by atoms with Crippen LogP contribution in [0.3, 0.4) is 0 Å². The minimum Gasteiger partial charge on any atom is -0.497 e. The van der Waals surface area contributed by atoms with Gasteiger partial charge in [-0.25, -0.2) is 0 Å². The van der Waals surface area contributed by atoms with E-state index in [0.29, 0.717) is 6.42 Å². The van der Waals surface area contributed by atoms with Crippen molar-refractivity contribution in [2.24, 2.45) is 11.3 Å². The Labute approximate surface area is 154 Å². The van der Waals surface area contributed by atoms with Gasteiger partial charge in [-0.1, -0.05) is 11.6 Å². The number of carbonyl (C=O) groups is 2. The predicted octanol–water partition coefficient (Wildman–Crippen LogP) is 4.11. The van der Waals surface area contributed by atoms with E-state index in [2.05, 4.69) is 19.1 Å². The van der Waals surface area contributed by atoms with Crippen LogP contribution in [0.5, 0.6) is 5.75 Å². The Kier molecular flexibility index (Phi) is 3.80. The number of esters is 1. The average molecular weight is 354 g/mol. The standard InChI is InChI=1S/C22H26O4/c1-13(23)26-22(3)10-9-21(2)18-8-5-14-11-15(25-4)6-7-16(14)17(18)12-19(22)20(21)24/h6-7,11,19H,5,8-10,12H2,1-4H3. The van der Waals surface area contributed by atoms with E-state index in [9.17, 15) is 9.59 Å². The Morgan fingerprint density at radius 1 is 1.19 bits per heavy atom. The van der Waals surface area contributed by atoms with Crippen molar-refractivity contribution >= 4 is 17.3 Å². The van der Waals surface area contributed by atoms with Gasteiger partial charge in [-0.05, 0) is 74.8 Å². The maximum atomic E-state index is 13.3. The molecule has 4 heteroatoms. The van der Waals surface area contributed by atoms with Crippen LogP contribution in [0.15, 0.2) is 23.8 Å². The number of ketones is 1. The molecular formula is C22H26O4. The van der Waals surface area contributed by atoms with Crippen LogP contribution in [0.2, 0.25) is 0 Å². The Balaban J connectivity index is 1.82. The van der Waals surface area contributed by atoms with E-state index < -0.39 is 11.0 Å². The lowest BCUT2D eigenvalue weighted by atomic mass is 9.53. The summed E-state index contributed by atoms with van der Waals surface area (Å²) < 4.78 is 11.1. The second-order valence-electron chi connectivity index (χ2n) is 8.34. The summed E-state index contributed by atoms with van der Waals surface area (Å²) in [4.78, 5) is 25.0. The number of methoxy groups -OCH3 is 1. The van der Waals surface area contributed by atoms with Crippen LogP contribution >= 0.6 is 0 Å². The number of benzene rings is 1. The van der Waals surface area contributed by atoms with E-state index in [1.807, 2.05) is 13.0 Å². The Morgan fingerprint density at radius 3 is 2.65 bits per heavy atom. The molecule has 1 fully saturated rings. The summed E-state index contributed by atoms with van der Waals surface area (Å²) in [5.41, 5.74) is 4.00. The minimum absolute atomic E-state index is 0.253. The Hall–Kier alpha value is -2.10. The molecule has 138 valence electrons. The van der Waals surface area contributed by atoms with Crippen LogP contribution in [0, 0.1) is 11.3 Å². The first-order valence-electron chi connectivity index (χ1n) is 9.42. The van der Waals surface area contributed by atoms with Gasteiger partial charge in [-0.2, -0.15) is 0 Å². The van der Waals surface area contributed by atoms with E-state index in [1.54, 1.807) is 7.11 Å². The summed E-state index contributed by atoms with van der Waals surface area (Å²) in [6.45, 7) is 5.46. The molecule has 1 saturated carbocycles. The van der Waals surface area contributed by atoms with Crippen LogP contribution in [0.25, 0.3) is 5.57 Å². The molecule has 0 saturated heterocycles. The average Bonchev–Trinajstić information content (AvgIpc) is 2.60. The molecule has 0 spiro atoms. The third-order valence-corrected chi connectivity index (χ3v) is 6.82. The van der Waals surface area contributed by atoms with E-state index in [1.165, 1.54) is 29.2 Å². The number of hydrogen-bond donors (Lipinski definition) is 0.